The van der Waals surface area contributed by atoms with Gasteiger partial charge in [-0.05, 0) is 25.3 Å². The van der Waals surface area contributed by atoms with Crippen LogP contribution < -0.4 is 0 Å². The van der Waals surface area contributed by atoms with Gasteiger partial charge in [0, 0.05) is 18.2 Å². The molecule has 26 heavy (non-hydrogen) atoms. The third-order valence-electron chi connectivity index (χ3n) is 5.67. The summed E-state index contributed by atoms with van der Waals surface area (Å²) in [5.41, 5.74) is 0.320. The summed E-state index contributed by atoms with van der Waals surface area (Å²) in [4.78, 5) is 29.6. The Morgan fingerprint density at radius 3 is 2.42 bits per heavy atom. The molecule has 142 valence electrons. The van der Waals surface area contributed by atoms with Crippen molar-refractivity contribution in [1.29, 1.82) is 0 Å². The van der Waals surface area contributed by atoms with Crippen LogP contribution in [0.4, 0.5) is 4.39 Å². The summed E-state index contributed by atoms with van der Waals surface area (Å²) in [6.07, 6.45) is 8.18. The maximum atomic E-state index is 14.5. The molecule has 0 N–H and O–H groups in total. The number of hydrogen-bond acceptors (Lipinski definition) is 2. The molecule has 1 aromatic rings. The van der Waals surface area contributed by atoms with E-state index in [4.69, 9.17) is 0 Å². The van der Waals surface area contributed by atoms with Gasteiger partial charge < -0.3 is 9.80 Å². The predicted octanol–water partition coefficient (Wildman–Crippen LogP) is 4.06. The van der Waals surface area contributed by atoms with Crippen LogP contribution in [0.25, 0.3) is 0 Å². The van der Waals surface area contributed by atoms with Crippen molar-refractivity contribution in [1.82, 2.24) is 9.80 Å². The first kappa shape index (κ1) is 18.9. The first-order chi connectivity index (χ1) is 12.6. The molecule has 2 amide bonds. The fourth-order valence-corrected chi connectivity index (χ4v) is 4.21. The van der Waals surface area contributed by atoms with Crippen LogP contribution >= 0.6 is 0 Å². The number of carbonyl (C=O) groups excluding carboxylic acids is 2. The molecule has 0 aromatic heterocycles. The number of amides is 2. The second-order valence-corrected chi connectivity index (χ2v) is 7.48. The zero-order valence-corrected chi connectivity index (χ0v) is 15.6. The van der Waals surface area contributed by atoms with E-state index in [1.165, 1.54) is 18.9 Å². The third kappa shape index (κ3) is 3.92. The van der Waals surface area contributed by atoms with Crippen LogP contribution in [-0.2, 0) is 9.59 Å². The van der Waals surface area contributed by atoms with Crippen molar-refractivity contribution in [3.8, 4) is 0 Å². The Morgan fingerprint density at radius 2 is 1.77 bits per heavy atom. The van der Waals surface area contributed by atoms with E-state index >= 15 is 0 Å². The van der Waals surface area contributed by atoms with Crippen molar-refractivity contribution in [3.05, 3.63) is 35.6 Å². The van der Waals surface area contributed by atoms with E-state index in [0.717, 1.165) is 38.5 Å². The van der Waals surface area contributed by atoms with Crippen LogP contribution in [0.15, 0.2) is 24.3 Å². The van der Waals surface area contributed by atoms with Crippen molar-refractivity contribution in [3.63, 3.8) is 0 Å². The van der Waals surface area contributed by atoms with Crippen molar-refractivity contribution >= 4 is 11.8 Å². The lowest BCUT2D eigenvalue weighted by Gasteiger charge is -2.43. The standard InChI is InChI=1S/C21H29FN2O2/c1-2-3-14-23-19(25)15-24(16-10-6-4-5-7-11-16)21(26)20(23)17-12-8-9-13-18(17)22/h8-9,12-13,16,20H,2-7,10-11,14-15H2,1H3. The number of piperazine rings is 1. The molecule has 1 atom stereocenters. The van der Waals surface area contributed by atoms with Gasteiger partial charge in [-0.25, -0.2) is 4.39 Å². The lowest BCUT2D eigenvalue weighted by atomic mass is 9.97. The zero-order valence-electron chi connectivity index (χ0n) is 15.6. The Hall–Kier alpha value is -1.91. The minimum atomic E-state index is -0.827. The molecule has 1 aliphatic carbocycles. The maximum absolute atomic E-state index is 14.5. The van der Waals surface area contributed by atoms with E-state index < -0.39 is 11.9 Å². The highest BCUT2D eigenvalue weighted by Crippen LogP contribution is 2.33. The van der Waals surface area contributed by atoms with Crippen LogP contribution in [0.3, 0.4) is 0 Å². The molecule has 1 heterocycles. The predicted molar refractivity (Wildman–Crippen MR) is 99.0 cm³/mol. The SMILES string of the molecule is CCCCN1C(=O)CN(C2CCCCCC2)C(=O)C1c1ccccc1F. The van der Waals surface area contributed by atoms with E-state index in [0.29, 0.717) is 12.1 Å². The average molecular weight is 360 g/mol. The summed E-state index contributed by atoms with van der Waals surface area (Å²) in [6, 6.07) is 5.64. The highest BCUT2D eigenvalue weighted by atomic mass is 19.1. The molecule has 1 saturated heterocycles. The van der Waals surface area contributed by atoms with Crippen LogP contribution in [0, 0.1) is 5.82 Å². The van der Waals surface area contributed by atoms with Gasteiger partial charge in [-0.1, -0.05) is 57.2 Å². The summed E-state index contributed by atoms with van der Waals surface area (Å²) in [5, 5.41) is 0. The van der Waals surface area contributed by atoms with E-state index in [2.05, 4.69) is 0 Å². The monoisotopic (exact) mass is 360 g/mol. The van der Waals surface area contributed by atoms with Crippen molar-refractivity contribution in [2.24, 2.45) is 0 Å². The summed E-state index contributed by atoms with van der Waals surface area (Å²) >= 11 is 0. The molecule has 0 spiro atoms. The molecule has 1 unspecified atom stereocenters. The van der Waals surface area contributed by atoms with Crippen LogP contribution in [-0.4, -0.2) is 40.7 Å². The van der Waals surface area contributed by atoms with Crippen LogP contribution in [0.5, 0.6) is 0 Å². The Bertz CT molecular complexity index is 641. The van der Waals surface area contributed by atoms with E-state index in [1.807, 2.05) is 6.92 Å². The highest BCUT2D eigenvalue weighted by molar-refractivity contribution is 5.95. The lowest BCUT2D eigenvalue weighted by molar-refractivity contribution is -0.159. The van der Waals surface area contributed by atoms with Gasteiger partial charge in [0.1, 0.15) is 18.4 Å². The van der Waals surface area contributed by atoms with Crippen molar-refractivity contribution in [2.75, 3.05) is 13.1 Å². The molecule has 1 saturated carbocycles. The fraction of sp³-hybridized carbons (Fsp3) is 0.619. The number of hydrogen-bond donors (Lipinski definition) is 0. The third-order valence-corrected chi connectivity index (χ3v) is 5.67. The molecule has 4 nitrogen and oxygen atoms in total. The van der Waals surface area contributed by atoms with E-state index in [-0.39, 0.29) is 24.4 Å². The van der Waals surface area contributed by atoms with Crippen LogP contribution in [0.2, 0.25) is 0 Å². The molecule has 1 aliphatic heterocycles. The van der Waals surface area contributed by atoms with E-state index in [9.17, 15) is 14.0 Å². The van der Waals surface area contributed by atoms with Gasteiger partial charge >= 0.3 is 0 Å². The van der Waals surface area contributed by atoms with Crippen molar-refractivity contribution < 1.29 is 14.0 Å². The average Bonchev–Trinajstić information content (AvgIpc) is 2.92. The number of benzene rings is 1. The zero-order chi connectivity index (χ0) is 18.5. The Kier molecular flexibility index (Phi) is 6.28. The Morgan fingerprint density at radius 1 is 1.08 bits per heavy atom. The molecule has 3 rings (SSSR count). The number of halogens is 1. The normalized spacial score (nSPS) is 22.6. The number of rotatable bonds is 5. The first-order valence-corrected chi connectivity index (χ1v) is 9.98. The van der Waals surface area contributed by atoms with Crippen LogP contribution in [0.1, 0.15) is 69.9 Å². The smallest absolute Gasteiger partial charge is 0.250 e. The van der Waals surface area contributed by atoms with Crippen molar-refractivity contribution in [2.45, 2.75) is 70.4 Å². The summed E-state index contributed by atoms with van der Waals surface area (Å²) in [7, 11) is 0. The minimum absolute atomic E-state index is 0.0597. The van der Waals surface area contributed by atoms with Gasteiger partial charge in [0.2, 0.25) is 5.91 Å². The largest absolute Gasteiger partial charge is 0.328 e. The molecule has 0 radical (unpaired) electrons. The summed E-state index contributed by atoms with van der Waals surface area (Å²) < 4.78 is 14.5. The molecule has 2 aliphatic rings. The van der Waals surface area contributed by atoms with Gasteiger partial charge in [0.15, 0.2) is 0 Å². The first-order valence-electron chi connectivity index (χ1n) is 9.98. The molecular formula is C21H29FN2O2. The Labute approximate surface area is 155 Å². The molecule has 1 aromatic carbocycles. The van der Waals surface area contributed by atoms with Gasteiger partial charge in [-0.2, -0.15) is 0 Å². The van der Waals surface area contributed by atoms with Gasteiger partial charge in [0.25, 0.3) is 5.91 Å². The topological polar surface area (TPSA) is 40.6 Å². The van der Waals surface area contributed by atoms with E-state index in [1.54, 1.807) is 28.0 Å². The molecule has 0 bridgehead atoms. The second-order valence-electron chi connectivity index (χ2n) is 7.48. The summed E-state index contributed by atoms with van der Waals surface area (Å²) in [6.45, 7) is 2.68. The molecular weight excluding hydrogens is 331 g/mol. The van der Waals surface area contributed by atoms with Gasteiger partial charge in [0.05, 0.1) is 0 Å². The number of unbranched alkanes of at least 4 members (excludes halogenated alkanes) is 1. The van der Waals surface area contributed by atoms with Gasteiger partial charge in [-0.15, -0.1) is 0 Å². The number of nitrogens with zero attached hydrogens (tertiary/aromatic N) is 2. The Balaban J connectivity index is 1.92. The number of carbonyl (C=O) groups is 2. The lowest BCUT2D eigenvalue weighted by Crippen LogP contribution is -2.58. The fourth-order valence-electron chi connectivity index (χ4n) is 4.21. The quantitative estimate of drug-likeness (QED) is 0.743. The molecule has 5 heteroatoms. The second kappa shape index (κ2) is 8.65. The maximum Gasteiger partial charge on any atom is 0.250 e. The van der Waals surface area contributed by atoms with Gasteiger partial charge in [-0.3, -0.25) is 9.59 Å². The minimum Gasteiger partial charge on any atom is -0.328 e. The highest BCUT2D eigenvalue weighted by Gasteiger charge is 2.43. The molecule has 2 fully saturated rings. The summed E-state index contributed by atoms with van der Waals surface area (Å²) in [5.74, 6) is -0.587.